The average molecular weight is 391 g/mol. The number of carbonyl (C=O) groups excluding carboxylic acids is 3. The van der Waals surface area contributed by atoms with E-state index in [4.69, 9.17) is 15.9 Å². The van der Waals surface area contributed by atoms with Gasteiger partial charge < -0.3 is 31.9 Å². The van der Waals surface area contributed by atoms with Gasteiger partial charge in [0.25, 0.3) is 0 Å². The molecule has 166 valence electrons. The normalized spacial score (nSPS) is 6.04. The van der Waals surface area contributed by atoms with Gasteiger partial charge in [-0.2, -0.15) is 0 Å². The van der Waals surface area contributed by atoms with Crippen LogP contribution in [0.15, 0.2) is 0 Å². The van der Waals surface area contributed by atoms with Gasteiger partial charge in [0.05, 0.1) is 6.67 Å². The lowest BCUT2D eigenvalue weighted by atomic mass is 10.6. The monoisotopic (exact) mass is 390 g/mol. The van der Waals surface area contributed by atoms with Gasteiger partial charge >= 0.3 is 5.97 Å². The van der Waals surface area contributed by atoms with Gasteiger partial charge in [-0.15, -0.1) is 0 Å². The third kappa shape index (κ3) is 122. The van der Waals surface area contributed by atoms with Gasteiger partial charge in [-0.05, 0) is 0 Å². The maximum Gasteiger partial charge on any atom is 0.322 e. The molecule has 0 aliphatic heterocycles. The molecule has 0 atom stereocenters. The van der Waals surface area contributed by atoms with Crippen LogP contribution in [0.2, 0.25) is 0 Å². The molecule has 10 heteroatoms. The lowest BCUT2D eigenvalue weighted by Gasteiger charge is -1.92. The minimum atomic E-state index is -1.03. The Kier molecular flexibility index (Phi) is 94.3. The second-order valence-electron chi connectivity index (χ2n) is 3.13. The van der Waals surface area contributed by atoms with Gasteiger partial charge in [0.15, 0.2) is 0 Å². The predicted octanol–water partition coefficient (Wildman–Crippen LogP) is 1.13. The quantitative estimate of drug-likeness (QED) is 0.390. The molecule has 0 saturated carbocycles. The van der Waals surface area contributed by atoms with Crippen molar-refractivity contribution >= 4 is 23.7 Å². The van der Waals surface area contributed by atoms with E-state index in [1.54, 1.807) is 0 Å². The summed E-state index contributed by atoms with van der Waals surface area (Å²) in [6.45, 7) is 3.70. The molecule has 0 rings (SSSR count). The van der Waals surface area contributed by atoms with E-state index >= 15 is 0 Å². The van der Waals surface area contributed by atoms with Crippen LogP contribution < -0.4 is 21.7 Å². The Morgan fingerprint density at radius 3 is 1.08 bits per heavy atom. The number of carboxylic acid groups (broad SMARTS) is 1. The summed E-state index contributed by atoms with van der Waals surface area (Å²) in [5.41, 5.74) is 4.90. The van der Waals surface area contributed by atoms with Crippen molar-refractivity contribution in [1.29, 1.82) is 0 Å². The summed E-state index contributed by atoms with van der Waals surface area (Å²) in [5, 5.41) is 22.4. The number of nitrogens with two attached hydrogens (primary N) is 1. The van der Waals surface area contributed by atoms with E-state index in [1.807, 2.05) is 0 Å². The Hall–Kier alpha value is -2.20. The Balaban J connectivity index is -0.0000000216. The number of aliphatic hydroxyl groups is 1. The highest BCUT2D eigenvalue weighted by Gasteiger charge is 1.94. The molecule has 26 heavy (non-hydrogen) atoms. The zero-order chi connectivity index (χ0) is 16.6. The highest BCUT2D eigenvalue weighted by molar-refractivity contribution is 5.79. The first-order chi connectivity index (χ1) is 9.17. The predicted molar refractivity (Wildman–Crippen MR) is 110 cm³/mol. The van der Waals surface area contributed by atoms with Crippen molar-refractivity contribution < 1.29 is 29.4 Å². The van der Waals surface area contributed by atoms with Crippen molar-refractivity contribution in [3.63, 3.8) is 0 Å². The maximum absolute atomic E-state index is 9.97. The molecule has 0 aromatic heterocycles. The third-order valence-corrected chi connectivity index (χ3v) is 1.17. The van der Waals surface area contributed by atoms with Crippen LogP contribution in [0.25, 0.3) is 0 Å². The van der Waals surface area contributed by atoms with E-state index in [1.165, 1.54) is 20.8 Å². The number of aliphatic hydroxyl groups excluding tert-OH is 1. The molecule has 10 nitrogen and oxygen atoms in total. The third-order valence-electron chi connectivity index (χ3n) is 1.17. The molecule has 0 fully saturated rings. The maximum atomic E-state index is 9.97. The van der Waals surface area contributed by atoms with E-state index < -0.39 is 5.97 Å². The summed E-state index contributed by atoms with van der Waals surface area (Å²) in [7, 11) is 0. The molecule has 0 unspecified atom stereocenters. The summed E-state index contributed by atoms with van der Waals surface area (Å²) in [4.78, 5) is 39.3. The van der Waals surface area contributed by atoms with Crippen LogP contribution in [-0.4, -0.2) is 53.8 Å². The minimum absolute atomic E-state index is 0. The van der Waals surface area contributed by atoms with Gasteiger partial charge in [-0.25, -0.2) is 0 Å². The zero-order valence-corrected chi connectivity index (χ0v) is 11.7. The molecule has 0 heterocycles. The Bertz CT molecular complexity index is 283. The summed E-state index contributed by atoms with van der Waals surface area (Å²) in [6.07, 6.45) is 0. The van der Waals surface area contributed by atoms with Crippen molar-refractivity contribution in [2.24, 2.45) is 5.73 Å². The molecule has 3 amide bonds. The summed E-state index contributed by atoms with van der Waals surface area (Å²) in [6, 6.07) is 0. The van der Waals surface area contributed by atoms with Gasteiger partial charge in [0.2, 0.25) is 17.7 Å². The van der Waals surface area contributed by atoms with Gasteiger partial charge in [0, 0.05) is 20.8 Å². The van der Waals surface area contributed by atoms with E-state index in [0.717, 1.165) is 0 Å². The lowest BCUT2D eigenvalue weighted by Crippen LogP contribution is -2.26. The van der Waals surface area contributed by atoms with Crippen molar-refractivity contribution in [2.45, 2.75) is 65.3 Å². The Morgan fingerprint density at radius 1 is 0.731 bits per heavy atom. The summed E-state index contributed by atoms with van der Waals surface area (Å²) < 4.78 is 0. The standard InChI is InChI=1S/C4H7NO3.C3H8N2O.C3H7NO2.6CH4/c1-3(6)5-2-4(7)8;1-3(6)5-2-4;1-3(6)4-2-5;;;;;;/h2H2,1H3,(H,5,6)(H,7,8);2,4H2,1H3,(H,5,6);5H,2H2,1H3,(H,4,6);6*1H4. The smallest absolute Gasteiger partial charge is 0.322 e. The molecule has 0 aliphatic carbocycles. The van der Waals surface area contributed by atoms with Gasteiger partial charge in [-0.3, -0.25) is 19.2 Å². The van der Waals surface area contributed by atoms with Crippen molar-refractivity contribution in [1.82, 2.24) is 16.0 Å². The van der Waals surface area contributed by atoms with E-state index in [0.29, 0.717) is 0 Å². The number of hydrogen-bond acceptors (Lipinski definition) is 6. The largest absolute Gasteiger partial charge is 0.480 e. The molecule has 7 N–H and O–H groups in total. The Morgan fingerprint density at radius 2 is 1.04 bits per heavy atom. The van der Waals surface area contributed by atoms with Crippen molar-refractivity contribution in [3.05, 3.63) is 0 Å². The van der Waals surface area contributed by atoms with Crippen LogP contribution in [0.1, 0.15) is 65.3 Å². The number of carboxylic acids is 1. The molecular weight excluding hydrogens is 344 g/mol. The Labute approximate surface area is 160 Å². The lowest BCUT2D eigenvalue weighted by molar-refractivity contribution is -0.137. The molecule has 0 spiro atoms. The van der Waals surface area contributed by atoms with Crippen LogP contribution in [0.3, 0.4) is 0 Å². The molecule has 0 aromatic carbocycles. The molecule has 0 saturated heterocycles. The number of nitrogens with one attached hydrogen (secondary N) is 3. The fourth-order valence-electron chi connectivity index (χ4n) is 0.455. The fraction of sp³-hybridized carbons (Fsp3) is 0.750. The number of aliphatic carboxylic acids is 1. The SMILES string of the molecule is C.C.C.C.C.C.CC(=O)NCC(=O)O.CC(=O)NCN.CC(=O)NCO. The van der Waals surface area contributed by atoms with E-state index in [2.05, 4.69) is 16.0 Å². The van der Waals surface area contributed by atoms with Crippen LogP contribution in [0, 0.1) is 0 Å². The topological polar surface area (TPSA) is 171 Å². The number of amides is 3. The van der Waals surface area contributed by atoms with Crippen LogP contribution in [0.5, 0.6) is 0 Å². The fourth-order valence-corrected chi connectivity index (χ4v) is 0.455. The first-order valence-corrected chi connectivity index (χ1v) is 5.43. The number of carbonyl (C=O) groups is 4. The molecule has 0 aliphatic rings. The molecule has 0 bridgehead atoms. The first-order valence-electron chi connectivity index (χ1n) is 5.43. The van der Waals surface area contributed by atoms with Crippen LogP contribution in [-0.2, 0) is 19.2 Å². The van der Waals surface area contributed by atoms with E-state index in [9.17, 15) is 19.2 Å². The van der Waals surface area contributed by atoms with Crippen LogP contribution in [0.4, 0.5) is 0 Å². The number of hydrogen-bond donors (Lipinski definition) is 6. The van der Waals surface area contributed by atoms with Crippen LogP contribution >= 0.6 is 0 Å². The van der Waals surface area contributed by atoms with Crippen molar-refractivity contribution in [2.75, 3.05) is 19.9 Å². The second-order valence-corrected chi connectivity index (χ2v) is 3.13. The molecule has 0 radical (unpaired) electrons. The van der Waals surface area contributed by atoms with E-state index in [-0.39, 0.29) is 82.2 Å². The highest BCUT2D eigenvalue weighted by Crippen LogP contribution is 1.60. The summed E-state index contributed by atoms with van der Waals surface area (Å²) >= 11 is 0. The average Bonchev–Trinajstić information content (AvgIpc) is 2.27. The molecule has 0 aromatic rings. The van der Waals surface area contributed by atoms with Gasteiger partial charge in [0.1, 0.15) is 13.3 Å². The summed E-state index contributed by atoms with van der Waals surface area (Å²) in [5.74, 6) is -1.65. The molecular formula is C16H46N4O6. The number of rotatable bonds is 4. The van der Waals surface area contributed by atoms with Gasteiger partial charge in [-0.1, -0.05) is 44.6 Å². The zero-order valence-electron chi connectivity index (χ0n) is 11.7. The first kappa shape index (κ1) is 56.5. The second kappa shape index (κ2) is 43.4. The van der Waals surface area contributed by atoms with Crippen molar-refractivity contribution in [3.8, 4) is 0 Å². The minimum Gasteiger partial charge on any atom is -0.480 e. The highest BCUT2D eigenvalue weighted by atomic mass is 16.4.